The smallest absolute Gasteiger partial charge is 0.265 e. The number of carbonyl (C=O) groups excluding carboxylic acids is 1. The lowest BCUT2D eigenvalue weighted by Crippen LogP contribution is -2.10. The van der Waals surface area contributed by atoms with Gasteiger partial charge in [-0.2, -0.15) is 5.10 Å². The van der Waals surface area contributed by atoms with Crippen molar-refractivity contribution in [2.24, 2.45) is 0 Å². The van der Waals surface area contributed by atoms with Crippen LogP contribution in [0.2, 0.25) is 0 Å². The van der Waals surface area contributed by atoms with Crippen molar-refractivity contribution >= 4 is 33.1 Å². The number of carbonyl (C=O) groups is 1. The molecule has 6 heteroatoms. The molecular weight excluding hydrogens is 370 g/mol. The first-order valence-electron chi connectivity index (χ1n) is 9.15. The third kappa shape index (κ3) is 3.51. The van der Waals surface area contributed by atoms with Gasteiger partial charge < -0.3 is 10.1 Å². The fourth-order valence-electron chi connectivity index (χ4n) is 3.01. The second-order valence-corrected chi connectivity index (χ2v) is 7.60. The summed E-state index contributed by atoms with van der Waals surface area (Å²) < 4.78 is 7.34. The van der Waals surface area contributed by atoms with Crippen LogP contribution in [-0.2, 0) is 0 Å². The van der Waals surface area contributed by atoms with E-state index in [1.807, 2.05) is 61.0 Å². The van der Waals surface area contributed by atoms with Gasteiger partial charge >= 0.3 is 0 Å². The molecule has 1 N–H and O–H groups in total. The van der Waals surface area contributed by atoms with Crippen LogP contribution in [0.25, 0.3) is 15.9 Å². The summed E-state index contributed by atoms with van der Waals surface area (Å²) in [5.74, 6) is 0.663. The Morgan fingerprint density at radius 2 is 1.82 bits per heavy atom. The van der Waals surface area contributed by atoms with Crippen LogP contribution in [0.4, 0.5) is 5.69 Å². The van der Waals surface area contributed by atoms with Gasteiger partial charge in [-0.3, -0.25) is 4.79 Å². The highest BCUT2D eigenvalue weighted by molar-refractivity contribution is 7.20. The van der Waals surface area contributed by atoms with E-state index < -0.39 is 0 Å². The van der Waals surface area contributed by atoms with Crippen LogP contribution >= 0.6 is 11.3 Å². The number of nitrogens with zero attached hydrogens (tertiary/aromatic N) is 2. The maximum absolute atomic E-state index is 12.7. The molecule has 0 saturated carbocycles. The first-order chi connectivity index (χ1) is 13.5. The molecule has 0 radical (unpaired) electrons. The molecule has 142 valence electrons. The zero-order valence-corrected chi connectivity index (χ0v) is 16.8. The molecule has 2 heterocycles. The lowest BCUT2D eigenvalue weighted by Gasteiger charge is -2.06. The number of nitrogens with one attached hydrogen (secondary N) is 1. The summed E-state index contributed by atoms with van der Waals surface area (Å²) in [6.45, 7) is 6.58. The minimum atomic E-state index is -0.125. The average molecular weight is 391 g/mol. The lowest BCUT2D eigenvalue weighted by molar-refractivity contribution is 0.103. The van der Waals surface area contributed by atoms with Crippen LogP contribution in [-0.4, -0.2) is 22.3 Å². The highest BCUT2D eigenvalue weighted by atomic mass is 32.1. The Morgan fingerprint density at radius 3 is 2.50 bits per heavy atom. The fraction of sp³-hybridized carbons (Fsp3) is 0.182. The first-order valence-corrected chi connectivity index (χ1v) is 9.97. The Balaban J connectivity index is 1.61. The number of hydrogen-bond acceptors (Lipinski definition) is 4. The number of aryl methyl sites for hydroxylation is 2. The number of aromatic nitrogens is 2. The number of amides is 1. The van der Waals surface area contributed by atoms with Crippen LogP contribution < -0.4 is 10.1 Å². The van der Waals surface area contributed by atoms with Gasteiger partial charge in [0.05, 0.1) is 22.9 Å². The zero-order valence-electron chi connectivity index (χ0n) is 16.0. The summed E-state index contributed by atoms with van der Waals surface area (Å²) in [7, 11) is 0. The molecule has 0 fully saturated rings. The van der Waals surface area contributed by atoms with Crippen molar-refractivity contribution < 1.29 is 9.53 Å². The van der Waals surface area contributed by atoms with E-state index in [0.29, 0.717) is 11.5 Å². The van der Waals surface area contributed by atoms with E-state index >= 15 is 0 Å². The van der Waals surface area contributed by atoms with E-state index in [2.05, 4.69) is 29.5 Å². The van der Waals surface area contributed by atoms with Crippen molar-refractivity contribution in [1.82, 2.24) is 9.78 Å². The summed E-state index contributed by atoms with van der Waals surface area (Å²) >= 11 is 1.45. The van der Waals surface area contributed by atoms with Crippen molar-refractivity contribution in [2.75, 3.05) is 11.9 Å². The normalized spacial score (nSPS) is 11.0. The van der Waals surface area contributed by atoms with Gasteiger partial charge in [0.15, 0.2) is 0 Å². The first kappa shape index (κ1) is 18.3. The van der Waals surface area contributed by atoms with Crippen molar-refractivity contribution in [3.8, 4) is 11.4 Å². The standard InChI is InChI=1S/C22H21N3O2S/c1-4-27-18-11-7-16(8-12-18)23-21(26)20-13-19-15(3)24-25(22(19)28-20)17-9-5-14(2)6-10-17/h5-13H,4H2,1-3H3,(H,23,26). The van der Waals surface area contributed by atoms with Gasteiger partial charge in [-0.05, 0) is 63.2 Å². The second-order valence-electron chi connectivity index (χ2n) is 6.57. The molecular formula is C22H21N3O2S. The van der Waals surface area contributed by atoms with Gasteiger partial charge in [0.1, 0.15) is 10.6 Å². The molecule has 1 amide bonds. The minimum Gasteiger partial charge on any atom is -0.494 e. The van der Waals surface area contributed by atoms with Crippen molar-refractivity contribution in [1.29, 1.82) is 0 Å². The molecule has 5 nitrogen and oxygen atoms in total. The summed E-state index contributed by atoms with van der Waals surface area (Å²) in [5, 5.41) is 8.60. The Morgan fingerprint density at radius 1 is 1.11 bits per heavy atom. The maximum atomic E-state index is 12.7. The summed E-state index contributed by atoms with van der Waals surface area (Å²) in [5.41, 5.74) is 3.84. The number of anilines is 1. The SMILES string of the molecule is CCOc1ccc(NC(=O)c2cc3c(C)nn(-c4ccc(C)cc4)c3s2)cc1. The van der Waals surface area contributed by atoms with Gasteiger partial charge in [0.2, 0.25) is 0 Å². The predicted molar refractivity (Wildman–Crippen MR) is 114 cm³/mol. The Labute approximate surface area is 167 Å². The topological polar surface area (TPSA) is 56.1 Å². The zero-order chi connectivity index (χ0) is 19.7. The van der Waals surface area contributed by atoms with E-state index in [1.54, 1.807) is 0 Å². The van der Waals surface area contributed by atoms with Crippen LogP contribution in [0.3, 0.4) is 0 Å². The molecule has 2 aromatic heterocycles. The average Bonchev–Trinajstić information content (AvgIpc) is 3.25. The van der Waals surface area contributed by atoms with E-state index in [4.69, 9.17) is 4.74 Å². The Bertz CT molecular complexity index is 1130. The molecule has 0 aliphatic carbocycles. The predicted octanol–water partition coefficient (Wildman–Crippen LogP) is 5.35. The fourth-order valence-corrected chi connectivity index (χ4v) is 4.09. The molecule has 4 aromatic rings. The third-order valence-electron chi connectivity index (χ3n) is 4.47. The number of fused-ring (bicyclic) bond motifs is 1. The van der Waals surface area contributed by atoms with Crippen LogP contribution in [0.5, 0.6) is 5.75 Å². The number of hydrogen-bond donors (Lipinski definition) is 1. The number of benzene rings is 2. The van der Waals surface area contributed by atoms with Gasteiger partial charge in [-0.1, -0.05) is 17.7 Å². The van der Waals surface area contributed by atoms with Gasteiger partial charge in [0.25, 0.3) is 5.91 Å². The van der Waals surface area contributed by atoms with Crippen LogP contribution in [0, 0.1) is 13.8 Å². The summed E-state index contributed by atoms with van der Waals surface area (Å²) in [4.78, 5) is 14.4. The Kier molecular flexibility index (Phi) is 4.88. The maximum Gasteiger partial charge on any atom is 0.265 e. The number of thiophene rings is 1. The highest BCUT2D eigenvalue weighted by Crippen LogP contribution is 2.31. The number of ether oxygens (including phenoxy) is 1. The molecule has 0 unspecified atom stereocenters. The minimum absolute atomic E-state index is 0.125. The third-order valence-corrected chi connectivity index (χ3v) is 5.58. The van der Waals surface area contributed by atoms with E-state index in [1.165, 1.54) is 16.9 Å². The highest BCUT2D eigenvalue weighted by Gasteiger charge is 2.17. The van der Waals surface area contributed by atoms with Crippen molar-refractivity contribution in [3.05, 3.63) is 70.7 Å². The van der Waals surface area contributed by atoms with Crippen LogP contribution in [0.1, 0.15) is 27.9 Å². The largest absolute Gasteiger partial charge is 0.494 e. The molecule has 0 aliphatic rings. The molecule has 4 rings (SSSR count). The Hall–Kier alpha value is -3.12. The molecule has 2 aromatic carbocycles. The molecule has 0 aliphatic heterocycles. The van der Waals surface area contributed by atoms with Gasteiger partial charge in [0, 0.05) is 11.1 Å². The van der Waals surface area contributed by atoms with Gasteiger partial charge in [-0.15, -0.1) is 11.3 Å². The van der Waals surface area contributed by atoms with Crippen LogP contribution in [0.15, 0.2) is 54.6 Å². The summed E-state index contributed by atoms with van der Waals surface area (Å²) in [6.07, 6.45) is 0. The second kappa shape index (κ2) is 7.48. The summed E-state index contributed by atoms with van der Waals surface area (Å²) in [6, 6.07) is 17.5. The molecule has 0 spiro atoms. The van der Waals surface area contributed by atoms with E-state index in [9.17, 15) is 4.79 Å². The van der Waals surface area contributed by atoms with Crippen molar-refractivity contribution in [3.63, 3.8) is 0 Å². The quantitative estimate of drug-likeness (QED) is 0.499. The van der Waals surface area contributed by atoms with Gasteiger partial charge in [-0.25, -0.2) is 4.68 Å². The number of rotatable bonds is 5. The molecule has 28 heavy (non-hydrogen) atoms. The molecule has 0 bridgehead atoms. The van der Waals surface area contributed by atoms with E-state index in [-0.39, 0.29) is 5.91 Å². The monoisotopic (exact) mass is 391 g/mol. The molecule has 0 saturated heterocycles. The lowest BCUT2D eigenvalue weighted by atomic mass is 10.2. The van der Waals surface area contributed by atoms with E-state index in [0.717, 1.165) is 33.0 Å². The molecule has 0 atom stereocenters. The van der Waals surface area contributed by atoms with Crippen molar-refractivity contribution in [2.45, 2.75) is 20.8 Å².